The molecule has 1 aliphatic rings. The number of hydrogen-bond acceptors (Lipinski definition) is 4. The molecule has 0 aliphatic heterocycles. The number of anilines is 2. The number of carbonyl (C=O) groups excluding carboxylic acids is 1. The Kier molecular flexibility index (Phi) is 7.36. The van der Waals surface area contributed by atoms with Crippen LogP contribution in [0.1, 0.15) is 52.4 Å². The summed E-state index contributed by atoms with van der Waals surface area (Å²) in [7, 11) is 3.27. The Morgan fingerprint density at radius 2 is 1.64 bits per heavy atom. The Balaban J connectivity index is 1.71. The van der Waals surface area contributed by atoms with Gasteiger partial charge in [-0.25, -0.2) is 0 Å². The largest absolute Gasteiger partial charge is 0.398 e. The molecule has 2 aromatic carbocycles. The molecule has 0 heterocycles. The van der Waals surface area contributed by atoms with Crippen molar-refractivity contribution in [1.82, 2.24) is 0 Å². The summed E-state index contributed by atoms with van der Waals surface area (Å²) in [6, 6.07) is 15.9. The summed E-state index contributed by atoms with van der Waals surface area (Å²) in [6.45, 7) is 4.47. The molecule has 1 fully saturated rings. The van der Waals surface area contributed by atoms with Crippen LogP contribution >= 0.6 is 21.6 Å². The summed E-state index contributed by atoms with van der Waals surface area (Å²) in [5.74, 6) is 0.823. The summed E-state index contributed by atoms with van der Waals surface area (Å²) in [6.07, 6.45) is 6.43. The van der Waals surface area contributed by atoms with Gasteiger partial charge in [0.15, 0.2) is 0 Å². The molecule has 0 bridgehead atoms. The van der Waals surface area contributed by atoms with Crippen LogP contribution in [-0.4, -0.2) is 5.91 Å². The van der Waals surface area contributed by atoms with E-state index in [1.54, 1.807) is 21.6 Å². The number of amides is 1. The van der Waals surface area contributed by atoms with Gasteiger partial charge in [-0.15, -0.1) is 0 Å². The average molecular weight is 415 g/mol. The van der Waals surface area contributed by atoms with E-state index in [9.17, 15) is 4.79 Å². The summed E-state index contributed by atoms with van der Waals surface area (Å²) in [5, 5.41) is 3.26. The molecule has 0 aromatic heterocycles. The van der Waals surface area contributed by atoms with E-state index in [2.05, 4.69) is 25.2 Å². The van der Waals surface area contributed by atoms with Crippen molar-refractivity contribution in [3.8, 4) is 0 Å². The van der Waals surface area contributed by atoms with Gasteiger partial charge in [-0.2, -0.15) is 0 Å². The van der Waals surface area contributed by atoms with Crippen molar-refractivity contribution < 1.29 is 4.79 Å². The minimum absolute atomic E-state index is 0.195. The molecule has 2 aromatic rings. The summed E-state index contributed by atoms with van der Waals surface area (Å²) in [4.78, 5) is 15.4. The molecule has 0 saturated heterocycles. The fraction of sp³-hybridized carbons (Fsp3) is 0.435. The highest BCUT2D eigenvalue weighted by Gasteiger charge is 2.40. The number of rotatable bonds is 8. The van der Waals surface area contributed by atoms with Crippen LogP contribution in [0, 0.1) is 11.3 Å². The number of nitrogens with one attached hydrogen (secondary N) is 1. The lowest BCUT2D eigenvalue weighted by molar-refractivity contribution is -0.125. The lowest BCUT2D eigenvalue weighted by Crippen LogP contribution is -2.34. The first kappa shape index (κ1) is 21.1. The van der Waals surface area contributed by atoms with Crippen molar-refractivity contribution in [3.63, 3.8) is 0 Å². The SMILES string of the molecule is CC(C)CCC1(C(=O)Nc2ccccc2SSc2ccccc2N)CCCC1. The highest BCUT2D eigenvalue weighted by molar-refractivity contribution is 8.76. The van der Waals surface area contributed by atoms with Crippen molar-refractivity contribution in [2.45, 2.75) is 62.2 Å². The van der Waals surface area contributed by atoms with E-state index in [1.807, 2.05) is 42.5 Å². The minimum Gasteiger partial charge on any atom is -0.398 e. The van der Waals surface area contributed by atoms with Gasteiger partial charge in [0.25, 0.3) is 0 Å². The van der Waals surface area contributed by atoms with Gasteiger partial charge in [-0.3, -0.25) is 4.79 Å². The van der Waals surface area contributed by atoms with Crippen molar-refractivity contribution in [3.05, 3.63) is 48.5 Å². The van der Waals surface area contributed by atoms with Crippen LogP contribution in [0.5, 0.6) is 0 Å². The number of carbonyl (C=O) groups is 1. The zero-order chi connectivity index (χ0) is 20.0. The zero-order valence-electron chi connectivity index (χ0n) is 16.7. The topological polar surface area (TPSA) is 55.1 Å². The number of nitrogen functional groups attached to an aromatic ring is 1. The van der Waals surface area contributed by atoms with Gasteiger partial charge in [0, 0.05) is 20.9 Å². The number of hydrogen-bond donors (Lipinski definition) is 2. The van der Waals surface area contributed by atoms with Gasteiger partial charge in [-0.1, -0.05) is 72.5 Å². The van der Waals surface area contributed by atoms with E-state index < -0.39 is 0 Å². The van der Waals surface area contributed by atoms with Crippen molar-refractivity contribution in [2.24, 2.45) is 11.3 Å². The standard InChI is InChI=1S/C23H30N2OS2/c1-17(2)13-16-23(14-7-8-15-23)22(26)25-19-10-4-6-12-21(19)28-27-20-11-5-3-9-18(20)24/h3-6,9-12,17H,7-8,13-16,24H2,1-2H3,(H,25,26). The molecule has 28 heavy (non-hydrogen) atoms. The summed E-state index contributed by atoms with van der Waals surface area (Å²) < 4.78 is 0. The fourth-order valence-corrected chi connectivity index (χ4v) is 6.00. The zero-order valence-corrected chi connectivity index (χ0v) is 18.4. The van der Waals surface area contributed by atoms with Gasteiger partial charge < -0.3 is 11.1 Å². The Hall–Kier alpha value is -1.59. The smallest absolute Gasteiger partial charge is 0.230 e. The Morgan fingerprint density at radius 1 is 1.04 bits per heavy atom. The third-order valence-corrected chi connectivity index (χ3v) is 8.02. The quantitative estimate of drug-likeness (QED) is 0.360. The highest BCUT2D eigenvalue weighted by Crippen LogP contribution is 2.46. The molecule has 0 atom stereocenters. The van der Waals surface area contributed by atoms with Crippen molar-refractivity contribution in [1.29, 1.82) is 0 Å². The predicted octanol–water partition coefficient (Wildman–Crippen LogP) is 7.00. The first-order valence-electron chi connectivity index (χ1n) is 10.1. The maximum Gasteiger partial charge on any atom is 0.230 e. The molecule has 1 saturated carbocycles. The molecule has 0 spiro atoms. The van der Waals surface area contributed by atoms with Crippen LogP contribution in [0.4, 0.5) is 11.4 Å². The third-order valence-electron chi connectivity index (χ3n) is 5.52. The molecule has 3 rings (SSSR count). The maximum absolute atomic E-state index is 13.3. The van der Waals surface area contributed by atoms with E-state index >= 15 is 0 Å². The summed E-state index contributed by atoms with van der Waals surface area (Å²) in [5.41, 5.74) is 7.54. The maximum atomic E-state index is 13.3. The minimum atomic E-state index is -0.195. The lowest BCUT2D eigenvalue weighted by Gasteiger charge is -2.29. The molecule has 1 amide bonds. The van der Waals surface area contributed by atoms with E-state index in [1.165, 1.54) is 0 Å². The third kappa shape index (κ3) is 5.26. The van der Waals surface area contributed by atoms with Crippen LogP contribution in [0.2, 0.25) is 0 Å². The molecule has 150 valence electrons. The molecule has 3 N–H and O–H groups in total. The molecule has 3 nitrogen and oxygen atoms in total. The van der Waals surface area contributed by atoms with Crippen LogP contribution < -0.4 is 11.1 Å². The Morgan fingerprint density at radius 3 is 2.32 bits per heavy atom. The van der Waals surface area contributed by atoms with E-state index in [4.69, 9.17) is 5.73 Å². The molecular formula is C23H30N2OS2. The van der Waals surface area contributed by atoms with Crippen LogP contribution in [0.3, 0.4) is 0 Å². The molecular weight excluding hydrogens is 384 g/mol. The van der Waals surface area contributed by atoms with E-state index in [0.29, 0.717) is 5.92 Å². The van der Waals surface area contributed by atoms with E-state index in [0.717, 1.165) is 59.7 Å². The first-order chi connectivity index (χ1) is 13.5. The van der Waals surface area contributed by atoms with Gasteiger partial charge in [-0.05, 0) is 55.9 Å². The van der Waals surface area contributed by atoms with Crippen LogP contribution in [0.15, 0.2) is 58.3 Å². The normalized spacial score (nSPS) is 15.7. The van der Waals surface area contributed by atoms with Gasteiger partial charge in [0.1, 0.15) is 0 Å². The fourth-order valence-electron chi connectivity index (χ4n) is 3.75. The molecule has 1 aliphatic carbocycles. The number of benzene rings is 2. The monoisotopic (exact) mass is 414 g/mol. The second-order valence-corrected chi connectivity index (χ2v) is 10.3. The average Bonchev–Trinajstić information content (AvgIpc) is 3.17. The van der Waals surface area contributed by atoms with Crippen LogP contribution in [0.25, 0.3) is 0 Å². The Bertz CT molecular complexity index is 801. The lowest BCUT2D eigenvalue weighted by atomic mass is 9.79. The van der Waals surface area contributed by atoms with Gasteiger partial charge >= 0.3 is 0 Å². The van der Waals surface area contributed by atoms with Crippen LogP contribution in [-0.2, 0) is 4.79 Å². The predicted molar refractivity (Wildman–Crippen MR) is 123 cm³/mol. The van der Waals surface area contributed by atoms with Gasteiger partial charge in [0.05, 0.1) is 5.69 Å². The number of para-hydroxylation sites is 2. The highest BCUT2D eigenvalue weighted by atomic mass is 33.1. The van der Waals surface area contributed by atoms with Gasteiger partial charge in [0.2, 0.25) is 5.91 Å². The number of nitrogens with two attached hydrogens (primary N) is 1. The Labute approximate surface area is 176 Å². The van der Waals surface area contributed by atoms with Crippen molar-refractivity contribution in [2.75, 3.05) is 11.1 Å². The first-order valence-corrected chi connectivity index (χ1v) is 12.2. The molecule has 5 heteroatoms. The molecule has 0 radical (unpaired) electrons. The van der Waals surface area contributed by atoms with E-state index in [-0.39, 0.29) is 11.3 Å². The van der Waals surface area contributed by atoms with Crippen molar-refractivity contribution >= 4 is 38.9 Å². The second kappa shape index (κ2) is 9.75. The molecule has 0 unspecified atom stereocenters. The second-order valence-electron chi connectivity index (χ2n) is 8.07. The summed E-state index contributed by atoms with van der Waals surface area (Å²) >= 11 is 0.